The highest BCUT2D eigenvalue weighted by Crippen LogP contribution is 2.27. The van der Waals surface area contributed by atoms with Crippen LogP contribution in [-0.2, 0) is 38.0 Å². The molecule has 2 aliphatic rings. The maximum absolute atomic E-state index is 13.0. The van der Waals surface area contributed by atoms with Crippen LogP contribution in [0.3, 0.4) is 0 Å². The van der Waals surface area contributed by atoms with E-state index in [1.807, 2.05) is 0 Å². The predicted octanol–water partition coefficient (Wildman–Crippen LogP) is 8.16. The Kier molecular flexibility index (Phi) is 37.4. The maximum Gasteiger partial charge on any atom is 0.306 e. The van der Waals surface area contributed by atoms with Crippen molar-refractivity contribution in [3.63, 3.8) is 0 Å². The topological polar surface area (TPSA) is 231 Å². The average molecular weight is 975 g/mol. The van der Waals surface area contributed by atoms with Crippen LogP contribution >= 0.6 is 0 Å². The molecule has 0 aliphatic carbocycles. The zero-order valence-electron chi connectivity index (χ0n) is 42.4. The summed E-state index contributed by atoms with van der Waals surface area (Å²) in [6.45, 7) is 2.61. The molecule has 15 nitrogen and oxygen atoms in total. The Bertz CT molecular complexity index is 1240. The Morgan fingerprint density at radius 2 is 0.838 bits per heavy atom. The first-order chi connectivity index (χ1) is 33.0. The molecule has 2 rings (SSSR count). The summed E-state index contributed by atoms with van der Waals surface area (Å²) >= 11 is 0. The highest BCUT2D eigenvalue weighted by Gasteiger charge is 2.47. The molecule has 7 N–H and O–H groups in total. The van der Waals surface area contributed by atoms with Gasteiger partial charge in [0.1, 0.15) is 55.4 Å². The minimum atomic E-state index is -1.76. The second kappa shape index (κ2) is 40.8. The monoisotopic (exact) mass is 975 g/mol. The first-order valence-corrected chi connectivity index (χ1v) is 27.3. The van der Waals surface area contributed by atoms with Gasteiger partial charge in [-0.3, -0.25) is 9.59 Å². The van der Waals surface area contributed by atoms with Gasteiger partial charge in [0, 0.05) is 12.8 Å². The fraction of sp³-hybridized carbons (Fsp3) is 0.925. The van der Waals surface area contributed by atoms with Gasteiger partial charge < -0.3 is 64.2 Å². The van der Waals surface area contributed by atoms with Gasteiger partial charge in [-0.15, -0.1) is 0 Å². The molecule has 0 bridgehead atoms. The van der Waals surface area contributed by atoms with E-state index in [1.54, 1.807) is 0 Å². The van der Waals surface area contributed by atoms with Crippen LogP contribution in [0.4, 0.5) is 0 Å². The zero-order valence-corrected chi connectivity index (χ0v) is 42.4. The van der Waals surface area contributed by atoms with Gasteiger partial charge in [-0.2, -0.15) is 0 Å². The zero-order chi connectivity index (χ0) is 49.6. The second-order valence-electron chi connectivity index (χ2n) is 19.4. The molecular formula is C53H98O15. The molecule has 4 unspecified atom stereocenters. The van der Waals surface area contributed by atoms with E-state index < -0.39 is 92.7 Å². The average Bonchev–Trinajstić information content (AvgIpc) is 3.33. The lowest BCUT2D eigenvalue weighted by Crippen LogP contribution is -2.61. The van der Waals surface area contributed by atoms with Gasteiger partial charge >= 0.3 is 11.9 Å². The number of aliphatic hydroxyl groups excluding tert-OH is 7. The molecule has 0 saturated carbocycles. The van der Waals surface area contributed by atoms with Crippen LogP contribution < -0.4 is 0 Å². The Morgan fingerprint density at radius 3 is 1.31 bits per heavy atom. The van der Waals surface area contributed by atoms with E-state index in [0.29, 0.717) is 12.8 Å². The molecule has 11 atom stereocenters. The molecular weight excluding hydrogens is 877 g/mol. The number of esters is 2. The van der Waals surface area contributed by atoms with Crippen molar-refractivity contribution in [2.45, 2.75) is 287 Å². The molecule has 2 saturated heterocycles. The maximum atomic E-state index is 13.0. The van der Waals surface area contributed by atoms with Gasteiger partial charge in [-0.25, -0.2) is 0 Å². The molecule has 0 amide bonds. The van der Waals surface area contributed by atoms with Crippen molar-refractivity contribution >= 4 is 11.9 Å². The predicted molar refractivity (Wildman–Crippen MR) is 261 cm³/mol. The van der Waals surface area contributed by atoms with E-state index in [0.717, 1.165) is 44.9 Å². The van der Waals surface area contributed by atoms with Crippen LogP contribution in [0.25, 0.3) is 0 Å². The number of allylic oxidation sites excluding steroid dienone is 2. The number of unbranched alkanes of at least 4 members (excludes halogenated alkanes) is 27. The van der Waals surface area contributed by atoms with Crippen molar-refractivity contribution in [3.05, 3.63) is 12.2 Å². The van der Waals surface area contributed by atoms with E-state index in [1.165, 1.54) is 135 Å². The van der Waals surface area contributed by atoms with Crippen molar-refractivity contribution in [2.24, 2.45) is 0 Å². The summed E-state index contributed by atoms with van der Waals surface area (Å²) in [5.41, 5.74) is 0. The van der Waals surface area contributed by atoms with Crippen molar-refractivity contribution < 1.29 is 73.8 Å². The van der Waals surface area contributed by atoms with E-state index in [2.05, 4.69) is 26.0 Å². The molecule has 2 aliphatic heterocycles. The lowest BCUT2D eigenvalue weighted by atomic mass is 9.98. The summed E-state index contributed by atoms with van der Waals surface area (Å²) < 4.78 is 33.6. The summed E-state index contributed by atoms with van der Waals surface area (Å²) in [7, 11) is 0. The summed E-state index contributed by atoms with van der Waals surface area (Å²) in [6, 6.07) is 0. The third kappa shape index (κ3) is 28.3. The summed E-state index contributed by atoms with van der Waals surface area (Å²) in [5, 5.41) is 72.1. The van der Waals surface area contributed by atoms with E-state index in [4.69, 9.17) is 28.4 Å². The van der Waals surface area contributed by atoms with Crippen molar-refractivity contribution in [3.8, 4) is 0 Å². The molecule has 0 spiro atoms. The minimum absolute atomic E-state index is 0.168. The molecule has 0 radical (unpaired) electrons. The third-order valence-electron chi connectivity index (χ3n) is 13.2. The molecule has 0 aromatic heterocycles. The number of hydrogen-bond donors (Lipinski definition) is 7. The standard InChI is InChI=1S/C53H98O15/c1-3-5-7-9-11-13-15-17-19-20-22-24-26-28-30-32-34-36-45(56)66-41(38-63-44(55)35-33-31-29-27-25-23-21-18-16-14-12-10-8-6-4-2)39-64-52-51(62)49(60)47(58)43(68-52)40-65-53-50(61)48(59)46(57)42(37-54)67-53/h23,25,41-43,46-54,57-62H,3-22,24,26-40H2,1-2H3/b25-23+/t41-,42+,43+,46-,47-,48?,49?,50?,51?,52+,53+/m1/s1. The molecule has 400 valence electrons. The highest BCUT2D eigenvalue weighted by molar-refractivity contribution is 5.70. The largest absolute Gasteiger partial charge is 0.462 e. The molecule has 15 heteroatoms. The molecule has 68 heavy (non-hydrogen) atoms. The van der Waals surface area contributed by atoms with Crippen LogP contribution in [0.1, 0.15) is 219 Å². The Labute approximate surface area is 410 Å². The Balaban J connectivity index is 1.79. The smallest absolute Gasteiger partial charge is 0.306 e. The van der Waals surface area contributed by atoms with Crippen LogP contribution in [0.2, 0.25) is 0 Å². The third-order valence-corrected chi connectivity index (χ3v) is 13.2. The van der Waals surface area contributed by atoms with E-state index >= 15 is 0 Å². The summed E-state index contributed by atoms with van der Waals surface area (Å²) in [6.07, 6.45) is 23.8. The minimum Gasteiger partial charge on any atom is -0.462 e. The van der Waals surface area contributed by atoms with Gasteiger partial charge in [0.15, 0.2) is 18.7 Å². The van der Waals surface area contributed by atoms with Crippen molar-refractivity contribution in [1.29, 1.82) is 0 Å². The number of ether oxygens (including phenoxy) is 6. The fourth-order valence-electron chi connectivity index (χ4n) is 8.74. The molecule has 0 aromatic carbocycles. The molecule has 2 fully saturated rings. The van der Waals surface area contributed by atoms with Gasteiger partial charge in [-0.1, -0.05) is 180 Å². The number of carbonyl (C=O) groups excluding carboxylic acids is 2. The summed E-state index contributed by atoms with van der Waals surface area (Å²) in [4.78, 5) is 25.8. The summed E-state index contributed by atoms with van der Waals surface area (Å²) in [5.74, 6) is -0.931. The van der Waals surface area contributed by atoms with Crippen LogP contribution in [0.5, 0.6) is 0 Å². The SMILES string of the molecule is CCCCCCCCCC/C=C/CCCCCC(=O)OC[C@H](CO[C@H]1O[C@@H](CO[C@H]2O[C@@H](CO)[C@@H](O)C(O)C2O)[C@@H](O)C(O)C1O)OC(=O)CCCCCCCCCCCCCCCCCCC. The lowest BCUT2D eigenvalue weighted by Gasteiger charge is -2.42. The van der Waals surface area contributed by atoms with Crippen LogP contribution in [0.15, 0.2) is 12.2 Å². The lowest BCUT2D eigenvalue weighted by molar-refractivity contribution is -0.332. The van der Waals surface area contributed by atoms with Crippen LogP contribution in [0, 0.1) is 0 Å². The fourth-order valence-corrected chi connectivity index (χ4v) is 8.74. The second-order valence-corrected chi connectivity index (χ2v) is 19.4. The quantitative estimate of drug-likeness (QED) is 0.0174. The number of aliphatic hydroxyl groups is 7. The van der Waals surface area contributed by atoms with E-state index in [9.17, 15) is 45.3 Å². The first-order valence-electron chi connectivity index (χ1n) is 27.3. The Hall–Kier alpha value is -1.76. The van der Waals surface area contributed by atoms with Gasteiger partial charge in [0.25, 0.3) is 0 Å². The number of carbonyl (C=O) groups is 2. The number of rotatable bonds is 43. The van der Waals surface area contributed by atoms with Gasteiger partial charge in [0.05, 0.1) is 19.8 Å². The highest BCUT2D eigenvalue weighted by atomic mass is 16.7. The van der Waals surface area contributed by atoms with Crippen LogP contribution in [-0.4, -0.2) is 142 Å². The first kappa shape index (κ1) is 62.4. The molecule has 2 heterocycles. The van der Waals surface area contributed by atoms with Crippen molar-refractivity contribution in [2.75, 3.05) is 26.4 Å². The normalized spacial score (nSPS) is 25.8. The van der Waals surface area contributed by atoms with Gasteiger partial charge in [0.2, 0.25) is 0 Å². The Morgan fingerprint density at radius 1 is 0.456 bits per heavy atom. The van der Waals surface area contributed by atoms with Gasteiger partial charge in [-0.05, 0) is 38.5 Å². The van der Waals surface area contributed by atoms with E-state index in [-0.39, 0.29) is 26.1 Å². The molecule has 0 aromatic rings. The number of hydrogen-bond acceptors (Lipinski definition) is 15. The van der Waals surface area contributed by atoms with Crippen molar-refractivity contribution in [1.82, 2.24) is 0 Å².